The lowest BCUT2D eigenvalue weighted by atomic mass is 10.1. The zero-order chi connectivity index (χ0) is 20.9. The van der Waals surface area contributed by atoms with Crippen molar-refractivity contribution in [2.75, 3.05) is 13.2 Å². The first-order valence-electron chi connectivity index (χ1n) is 10.4. The molecular formula is C24H26FN3O2. The van der Waals surface area contributed by atoms with Gasteiger partial charge in [-0.15, -0.1) is 0 Å². The van der Waals surface area contributed by atoms with Gasteiger partial charge in [0.05, 0.1) is 11.8 Å². The summed E-state index contributed by atoms with van der Waals surface area (Å²) in [4.78, 5) is 12.7. The Morgan fingerprint density at radius 2 is 1.93 bits per heavy atom. The molecule has 0 unspecified atom stereocenters. The largest absolute Gasteiger partial charge is 0.374 e. The zero-order valence-electron chi connectivity index (χ0n) is 17.1. The fraction of sp³-hybridized carbons (Fsp3) is 0.333. The number of carbonyl (C=O) groups excluding carboxylic acids is 1. The molecule has 0 fully saturated rings. The maximum Gasteiger partial charge on any atom is 0.272 e. The Morgan fingerprint density at radius 3 is 2.70 bits per heavy atom. The van der Waals surface area contributed by atoms with Crippen LogP contribution < -0.4 is 5.32 Å². The smallest absolute Gasteiger partial charge is 0.272 e. The molecule has 1 heterocycles. The second-order valence-electron chi connectivity index (χ2n) is 7.55. The molecule has 1 aromatic heterocycles. The summed E-state index contributed by atoms with van der Waals surface area (Å²) >= 11 is 0. The van der Waals surface area contributed by atoms with Crippen molar-refractivity contribution in [3.05, 3.63) is 82.9 Å². The Morgan fingerprint density at radius 1 is 1.17 bits per heavy atom. The lowest BCUT2D eigenvalue weighted by Gasteiger charge is -2.13. The van der Waals surface area contributed by atoms with Crippen LogP contribution in [0, 0.1) is 5.82 Å². The molecule has 3 aromatic rings. The van der Waals surface area contributed by atoms with Crippen LogP contribution in [0.5, 0.6) is 0 Å². The molecule has 1 aliphatic carbocycles. The van der Waals surface area contributed by atoms with Crippen molar-refractivity contribution in [3.63, 3.8) is 0 Å². The van der Waals surface area contributed by atoms with Crippen molar-refractivity contribution >= 4 is 5.91 Å². The highest BCUT2D eigenvalue weighted by Gasteiger charge is 2.26. The van der Waals surface area contributed by atoms with Gasteiger partial charge >= 0.3 is 0 Å². The predicted molar refractivity (Wildman–Crippen MR) is 113 cm³/mol. The zero-order valence-corrected chi connectivity index (χ0v) is 17.1. The average Bonchev–Trinajstić information content (AvgIpc) is 3.37. The molecule has 0 aliphatic heterocycles. The number of hydrogen-bond acceptors (Lipinski definition) is 3. The third-order valence-corrected chi connectivity index (χ3v) is 5.46. The van der Waals surface area contributed by atoms with Crippen molar-refractivity contribution < 1.29 is 13.9 Å². The number of nitrogens with one attached hydrogen (secondary N) is 1. The van der Waals surface area contributed by atoms with Gasteiger partial charge in [0, 0.05) is 24.4 Å². The minimum atomic E-state index is -0.288. The van der Waals surface area contributed by atoms with Crippen LogP contribution in [0.25, 0.3) is 5.69 Å². The lowest BCUT2D eigenvalue weighted by molar-refractivity contribution is 0.0634. The summed E-state index contributed by atoms with van der Waals surface area (Å²) in [5, 5.41) is 7.51. The van der Waals surface area contributed by atoms with Gasteiger partial charge in [-0.1, -0.05) is 30.3 Å². The Kier molecular flexibility index (Phi) is 6.23. The van der Waals surface area contributed by atoms with Gasteiger partial charge in [-0.05, 0) is 62.4 Å². The molecule has 4 rings (SSSR count). The number of carbonyl (C=O) groups is 1. The van der Waals surface area contributed by atoms with E-state index in [1.165, 1.54) is 12.1 Å². The molecule has 6 heteroatoms. The minimum absolute atomic E-state index is 0.0246. The van der Waals surface area contributed by atoms with Gasteiger partial charge < -0.3 is 10.1 Å². The molecule has 5 nitrogen and oxygen atoms in total. The second kappa shape index (κ2) is 9.22. The standard InChI is InChI=1S/C24H26FN3O2/c1-17(18-7-3-2-4-8-18)30-16-6-15-26-24(29)23-21-9-5-10-22(21)28(27-23)20-13-11-19(25)12-14-20/h2-4,7-8,11-14,17H,5-6,9-10,15-16H2,1H3,(H,26,29)/t17-/m1/s1. The van der Waals surface area contributed by atoms with Crippen LogP contribution in [-0.4, -0.2) is 28.8 Å². The van der Waals surface area contributed by atoms with Gasteiger partial charge in [0.25, 0.3) is 5.91 Å². The Labute approximate surface area is 175 Å². The molecule has 1 aliphatic rings. The number of hydrogen-bond donors (Lipinski definition) is 1. The summed E-state index contributed by atoms with van der Waals surface area (Å²) in [6.07, 6.45) is 3.47. The average molecular weight is 407 g/mol. The number of rotatable bonds is 8. The first kappa shape index (κ1) is 20.3. The second-order valence-corrected chi connectivity index (χ2v) is 7.55. The molecular weight excluding hydrogens is 381 g/mol. The molecule has 0 spiro atoms. The molecule has 1 atom stereocenters. The highest BCUT2D eigenvalue weighted by molar-refractivity contribution is 5.94. The molecule has 1 N–H and O–H groups in total. The van der Waals surface area contributed by atoms with E-state index in [1.54, 1.807) is 16.8 Å². The number of amides is 1. The molecule has 0 radical (unpaired) electrons. The van der Waals surface area contributed by atoms with E-state index in [1.807, 2.05) is 37.3 Å². The highest BCUT2D eigenvalue weighted by Crippen LogP contribution is 2.28. The summed E-state index contributed by atoms with van der Waals surface area (Å²) in [6.45, 7) is 3.12. The Hall–Kier alpha value is -2.99. The van der Waals surface area contributed by atoms with Gasteiger partial charge in [0.15, 0.2) is 5.69 Å². The molecule has 30 heavy (non-hydrogen) atoms. The van der Waals surface area contributed by atoms with Gasteiger partial charge in [0.2, 0.25) is 0 Å². The SMILES string of the molecule is C[C@@H](OCCCNC(=O)c1nn(-c2ccc(F)cc2)c2c1CCC2)c1ccccc1. The lowest BCUT2D eigenvalue weighted by Crippen LogP contribution is -2.26. The molecule has 0 saturated carbocycles. The van der Waals surface area contributed by atoms with Crippen molar-refractivity contribution in [2.24, 2.45) is 0 Å². The number of nitrogens with zero attached hydrogens (tertiary/aromatic N) is 2. The van der Waals surface area contributed by atoms with E-state index >= 15 is 0 Å². The van der Waals surface area contributed by atoms with E-state index in [0.717, 1.165) is 48.2 Å². The van der Waals surface area contributed by atoms with Gasteiger partial charge in [0.1, 0.15) is 5.82 Å². The Balaban J connectivity index is 1.33. The van der Waals surface area contributed by atoms with E-state index in [-0.39, 0.29) is 17.8 Å². The van der Waals surface area contributed by atoms with E-state index in [9.17, 15) is 9.18 Å². The van der Waals surface area contributed by atoms with Gasteiger partial charge in [-0.25, -0.2) is 9.07 Å². The monoisotopic (exact) mass is 407 g/mol. The number of halogens is 1. The summed E-state index contributed by atoms with van der Waals surface area (Å²) in [5.74, 6) is -0.450. The number of aromatic nitrogens is 2. The van der Waals surface area contributed by atoms with Crippen molar-refractivity contribution in [2.45, 2.75) is 38.7 Å². The summed E-state index contributed by atoms with van der Waals surface area (Å²) in [5.41, 5.74) is 4.45. The maximum atomic E-state index is 13.3. The van der Waals surface area contributed by atoms with Crippen LogP contribution in [0.2, 0.25) is 0 Å². The highest BCUT2D eigenvalue weighted by atomic mass is 19.1. The summed E-state index contributed by atoms with van der Waals surface area (Å²) in [7, 11) is 0. The number of benzene rings is 2. The van der Waals surface area contributed by atoms with E-state index < -0.39 is 0 Å². The number of ether oxygens (including phenoxy) is 1. The quantitative estimate of drug-likeness (QED) is 0.563. The van der Waals surface area contributed by atoms with Crippen molar-refractivity contribution in [1.82, 2.24) is 15.1 Å². The maximum absolute atomic E-state index is 13.3. The van der Waals surface area contributed by atoms with E-state index in [4.69, 9.17) is 4.74 Å². The van der Waals surface area contributed by atoms with E-state index in [2.05, 4.69) is 10.4 Å². The first-order chi connectivity index (χ1) is 14.6. The Bertz CT molecular complexity index is 999. The minimum Gasteiger partial charge on any atom is -0.374 e. The van der Waals surface area contributed by atoms with Crippen LogP contribution >= 0.6 is 0 Å². The molecule has 0 bridgehead atoms. The molecule has 0 saturated heterocycles. The normalized spacial score (nSPS) is 13.8. The predicted octanol–water partition coefficient (Wildman–Crippen LogP) is 4.40. The molecule has 156 valence electrons. The number of fused-ring (bicyclic) bond motifs is 1. The van der Waals surface area contributed by atoms with Gasteiger partial charge in [-0.3, -0.25) is 4.79 Å². The fourth-order valence-electron chi connectivity index (χ4n) is 3.85. The van der Waals surface area contributed by atoms with Crippen LogP contribution in [-0.2, 0) is 17.6 Å². The van der Waals surface area contributed by atoms with Crippen LogP contribution in [0.4, 0.5) is 4.39 Å². The topological polar surface area (TPSA) is 56.1 Å². The third kappa shape index (κ3) is 4.44. The molecule has 2 aromatic carbocycles. The van der Waals surface area contributed by atoms with E-state index in [0.29, 0.717) is 18.8 Å². The van der Waals surface area contributed by atoms with Crippen LogP contribution in [0.1, 0.15) is 53.2 Å². The van der Waals surface area contributed by atoms with Gasteiger partial charge in [-0.2, -0.15) is 5.10 Å². The van der Waals surface area contributed by atoms with Crippen LogP contribution in [0.15, 0.2) is 54.6 Å². The van der Waals surface area contributed by atoms with Crippen molar-refractivity contribution in [1.29, 1.82) is 0 Å². The van der Waals surface area contributed by atoms with Crippen LogP contribution in [0.3, 0.4) is 0 Å². The first-order valence-corrected chi connectivity index (χ1v) is 10.4. The summed E-state index contributed by atoms with van der Waals surface area (Å²) in [6, 6.07) is 16.3. The van der Waals surface area contributed by atoms with Crippen molar-refractivity contribution in [3.8, 4) is 5.69 Å². The summed E-state index contributed by atoms with van der Waals surface area (Å²) < 4.78 is 20.9. The third-order valence-electron chi connectivity index (χ3n) is 5.46. The molecule has 1 amide bonds. The fourth-order valence-corrected chi connectivity index (χ4v) is 3.85.